The number of nitrogens with zero attached hydrogens (tertiary/aromatic N) is 1. The van der Waals surface area contributed by atoms with Gasteiger partial charge in [0.1, 0.15) is 0 Å². The number of sulfone groups is 1. The van der Waals surface area contributed by atoms with E-state index in [9.17, 15) is 18.0 Å². The number of amides is 1. The smallest absolute Gasteiger partial charge is 0.308 e. The third-order valence-corrected chi connectivity index (χ3v) is 4.84. The molecule has 114 valence electrons. The van der Waals surface area contributed by atoms with E-state index in [1.165, 1.54) is 29.2 Å². The normalized spacial score (nSPS) is 22.3. The predicted molar refractivity (Wildman–Crippen MR) is 75.7 cm³/mol. The maximum atomic E-state index is 12.4. The van der Waals surface area contributed by atoms with Gasteiger partial charge in [-0.2, -0.15) is 0 Å². The Bertz CT molecular complexity index is 682. The molecule has 1 amide bonds. The summed E-state index contributed by atoms with van der Waals surface area (Å²) in [6, 6.07) is 5.81. The number of rotatable bonds is 3. The molecule has 0 radical (unpaired) electrons. The number of carboxylic acid groups (broad SMARTS) is 1. The van der Waals surface area contributed by atoms with Crippen LogP contribution in [0.3, 0.4) is 0 Å². The highest BCUT2D eigenvalue weighted by atomic mass is 32.2. The minimum atomic E-state index is -3.38. The third-order valence-electron chi connectivity index (χ3n) is 3.73. The van der Waals surface area contributed by atoms with Crippen LogP contribution in [0.4, 0.5) is 0 Å². The van der Waals surface area contributed by atoms with E-state index >= 15 is 0 Å². The molecule has 1 N–H and O–H groups in total. The molecule has 0 saturated carbocycles. The summed E-state index contributed by atoms with van der Waals surface area (Å²) in [5.41, 5.74) is 0.260. The second-order valence-corrected chi connectivity index (χ2v) is 7.45. The number of carbonyl (C=O) groups is 2. The summed E-state index contributed by atoms with van der Waals surface area (Å²) >= 11 is 0. The van der Waals surface area contributed by atoms with Crippen molar-refractivity contribution in [1.82, 2.24) is 4.90 Å². The first-order valence-corrected chi connectivity index (χ1v) is 8.41. The van der Waals surface area contributed by atoms with E-state index in [1.807, 2.05) is 0 Å². The summed E-state index contributed by atoms with van der Waals surface area (Å²) in [5.74, 6) is -1.95. The molecule has 1 heterocycles. The number of carbonyl (C=O) groups excluding carboxylic acids is 1. The van der Waals surface area contributed by atoms with Crippen LogP contribution >= 0.6 is 0 Å². The topological polar surface area (TPSA) is 91.8 Å². The van der Waals surface area contributed by atoms with Gasteiger partial charge in [0.25, 0.3) is 5.91 Å². The largest absolute Gasteiger partial charge is 0.481 e. The monoisotopic (exact) mass is 311 g/mol. The van der Waals surface area contributed by atoms with Crippen LogP contribution in [0.1, 0.15) is 17.3 Å². The molecule has 7 heteroatoms. The predicted octanol–water partition coefficient (Wildman–Crippen LogP) is 0.883. The lowest BCUT2D eigenvalue weighted by Crippen LogP contribution is -2.30. The molecule has 1 aromatic carbocycles. The zero-order chi connectivity index (χ0) is 15.8. The lowest BCUT2D eigenvalue weighted by atomic mass is 9.99. The minimum absolute atomic E-state index is 0.0791. The SMILES string of the molecule is C[C@@H]1CN(C(=O)c2cccc(S(C)(=O)=O)c2)C[C@H]1C(=O)O. The molecule has 0 aromatic heterocycles. The molecule has 0 aliphatic carbocycles. The van der Waals surface area contributed by atoms with Gasteiger partial charge in [0.2, 0.25) is 0 Å². The molecular formula is C14H17NO5S. The molecule has 2 rings (SSSR count). The van der Waals surface area contributed by atoms with Crippen molar-refractivity contribution in [2.24, 2.45) is 11.8 Å². The first kappa shape index (κ1) is 15.5. The van der Waals surface area contributed by atoms with Crippen molar-refractivity contribution in [3.8, 4) is 0 Å². The Balaban J connectivity index is 2.24. The van der Waals surface area contributed by atoms with Crippen LogP contribution < -0.4 is 0 Å². The number of hydrogen-bond donors (Lipinski definition) is 1. The van der Waals surface area contributed by atoms with Gasteiger partial charge in [0.15, 0.2) is 9.84 Å². The van der Waals surface area contributed by atoms with Crippen LogP contribution in [0.15, 0.2) is 29.2 Å². The maximum Gasteiger partial charge on any atom is 0.308 e. The summed E-state index contributed by atoms with van der Waals surface area (Å²) in [7, 11) is -3.38. The van der Waals surface area contributed by atoms with Gasteiger partial charge >= 0.3 is 5.97 Å². The Labute approximate surface area is 123 Å². The Morgan fingerprint density at radius 2 is 1.95 bits per heavy atom. The molecule has 1 aromatic rings. The van der Waals surface area contributed by atoms with E-state index in [0.29, 0.717) is 6.54 Å². The summed E-state index contributed by atoms with van der Waals surface area (Å²) in [4.78, 5) is 25.0. The first-order valence-electron chi connectivity index (χ1n) is 6.52. The molecule has 0 spiro atoms. The highest BCUT2D eigenvalue weighted by Crippen LogP contribution is 2.25. The van der Waals surface area contributed by atoms with Gasteiger partial charge in [-0.1, -0.05) is 13.0 Å². The maximum absolute atomic E-state index is 12.4. The highest BCUT2D eigenvalue weighted by Gasteiger charge is 2.37. The van der Waals surface area contributed by atoms with Crippen LogP contribution in [0.25, 0.3) is 0 Å². The molecule has 1 aliphatic heterocycles. The summed E-state index contributed by atoms with van der Waals surface area (Å²) in [6.07, 6.45) is 1.08. The number of benzene rings is 1. The van der Waals surface area contributed by atoms with Gasteiger partial charge in [0.05, 0.1) is 10.8 Å². The van der Waals surface area contributed by atoms with Gasteiger partial charge in [-0.15, -0.1) is 0 Å². The summed E-state index contributed by atoms with van der Waals surface area (Å²) in [6.45, 7) is 2.30. The van der Waals surface area contributed by atoms with Crippen LogP contribution in [0.2, 0.25) is 0 Å². The zero-order valence-electron chi connectivity index (χ0n) is 11.8. The van der Waals surface area contributed by atoms with Gasteiger partial charge in [0, 0.05) is 24.9 Å². The second kappa shape index (κ2) is 5.48. The second-order valence-electron chi connectivity index (χ2n) is 5.43. The van der Waals surface area contributed by atoms with Crippen molar-refractivity contribution in [3.63, 3.8) is 0 Å². The average molecular weight is 311 g/mol. The molecule has 6 nitrogen and oxygen atoms in total. The van der Waals surface area contributed by atoms with Crippen molar-refractivity contribution >= 4 is 21.7 Å². The van der Waals surface area contributed by atoms with E-state index in [2.05, 4.69) is 0 Å². The van der Waals surface area contributed by atoms with E-state index in [4.69, 9.17) is 5.11 Å². The van der Waals surface area contributed by atoms with Gasteiger partial charge in [-0.05, 0) is 24.1 Å². The molecule has 0 bridgehead atoms. The average Bonchev–Trinajstić information content (AvgIpc) is 2.79. The lowest BCUT2D eigenvalue weighted by molar-refractivity contribution is -0.142. The molecule has 1 aliphatic rings. The minimum Gasteiger partial charge on any atom is -0.481 e. The number of aliphatic carboxylic acids is 1. The van der Waals surface area contributed by atoms with Gasteiger partial charge in [-0.3, -0.25) is 9.59 Å². The van der Waals surface area contributed by atoms with Crippen molar-refractivity contribution in [3.05, 3.63) is 29.8 Å². The standard InChI is InChI=1S/C14H17NO5S/c1-9-7-15(8-12(9)14(17)18)13(16)10-4-3-5-11(6-10)21(2,19)20/h3-6,9,12H,7-8H2,1-2H3,(H,17,18)/t9-,12-/m1/s1. The van der Waals surface area contributed by atoms with E-state index in [-0.39, 0.29) is 28.8 Å². The molecule has 1 saturated heterocycles. The Morgan fingerprint density at radius 3 is 2.48 bits per heavy atom. The summed E-state index contributed by atoms with van der Waals surface area (Å²) in [5, 5.41) is 9.09. The fraction of sp³-hybridized carbons (Fsp3) is 0.429. The quantitative estimate of drug-likeness (QED) is 0.895. The fourth-order valence-electron chi connectivity index (χ4n) is 2.50. The molecule has 0 unspecified atom stereocenters. The lowest BCUT2D eigenvalue weighted by Gasteiger charge is -2.16. The zero-order valence-corrected chi connectivity index (χ0v) is 12.6. The van der Waals surface area contributed by atoms with E-state index in [0.717, 1.165) is 6.26 Å². The highest BCUT2D eigenvalue weighted by molar-refractivity contribution is 7.90. The first-order chi connectivity index (χ1) is 9.70. The Hall–Kier alpha value is -1.89. The molecule has 1 fully saturated rings. The van der Waals surface area contributed by atoms with Crippen LogP contribution in [0.5, 0.6) is 0 Å². The Kier molecular flexibility index (Phi) is 4.04. The van der Waals surface area contributed by atoms with Gasteiger partial charge < -0.3 is 10.0 Å². The van der Waals surface area contributed by atoms with Gasteiger partial charge in [-0.25, -0.2) is 8.42 Å². The summed E-state index contributed by atoms with van der Waals surface area (Å²) < 4.78 is 23.0. The van der Waals surface area contributed by atoms with Crippen molar-refractivity contribution in [1.29, 1.82) is 0 Å². The molecule has 2 atom stereocenters. The number of likely N-dealkylation sites (tertiary alicyclic amines) is 1. The van der Waals surface area contributed by atoms with Crippen LogP contribution in [0, 0.1) is 11.8 Å². The number of hydrogen-bond acceptors (Lipinski definition) is 4. The molecule has 21 heavy (non-hydrogen) atoms. The number of carboxylic acids is 1. The van der Waals surface area contributed by atoms with Crippen molar-refractivity contribution < 1.29 is 23.1 Å². The van der Waals surface area contributed by atoms with Crippen LogP contribution in [-0.4, -0.2) is 49.6 Å². The van der Waals surface area contributed by atoms with E-state index < -0.39 is 21.7 Å². The van der Waals surface area contributed by atoms with Crippen molar-refractivity contribution in [2.45, 2.75) is 11.8 Å². The van der Waals surface area contributed by atoms with Crippen LogP contribution in [-0.2, 0) is 14.6 Å². The molecular weight excluding hydrogens is 294 g/mol. The Morgan fingerprint density at radius 1 is 1.29 bits per heavy atom. The third kappa shape index (κ3) is 3.24. The fourth-order valence-corrected chi connectivity index (χ4v) is 3.16. The van der Waals surface area contributed by atoms with Crippen molar-refractivity contribution in [2.75, 3.05) is 19.3 Å². The van der Waals surface area contributed by atoms with E-state index in [1.54, 1.807) is 6.92 Å².